The first-order valence-corrected chi connectivity index (χ1v) is 6.68. The smallest absolute Gasteiger partial charge is 0.308 e. The van der Waals surface area contributed by atoms with Gasteiger partial charge in [-0.25, -0.2) is 4.68 Å². The van der Waals surface area contributed by atoms with Gasteiger partial charge in [0.1, 0.15) is 12.4 Å². The number of nitrogens with zero attached hydrogens (tertiary/aromatic N) is 1. The molecule has 2 aromatic rings. The highest BCUT2D eigenvalue weighted by Gasteiger charge is 2.08. The molecule has 0 aliphatic heterocycles. The van der Waals surface area contributed by atoms with Crippen molar-refractivity contribution >= 4 is 5.97 Å². The van der Waals surface area contributed by atoms with Crippen LogP contribution in [0.25, 0.3) is 0 Å². The molecule has 0 saturated heterocycles. The predicted octanol–water partition coefficient (Wildman–Crippen LogP) is 0.679. The summed E-state index contributed by atoms with van der Waals surface area (Å²) in [6.07, 6.45) is -0.0188. The zero-order chi connectivity index (χ0) is 15.9. The van der Waals surface area contributed by atoms with E-state index in [1.165, 1.54) is 0 Å². The van der Waals surface area contributed by atoms with Gasteiger partial charge < -0.3 is 9.47 Å². The number of nitrogens with one attached hydrogen (secondary N) is 1. The molecule has 0 atom stereocenters. The minimum absolute atomic E-state index is 0.0188. The van der Waals surface area contributed by atoms with E-state index >= 15 is 0 Å². The summed E-state index contributed by atoms with van der Waals surface area (Å²) < 4.78 is 11.4. The SMILES string of the molecule is COc1ccccc1COC(=O)CCn1[nH]c(=O)ccc1=O. The average Bonchev–Trinajstić information content (AvgIpc) is 2.54. The van der Waals surface area contributed by atoms with Crippen molar-refractivity contribution in [1.82, 2.24) is 9.78 Å². The summed E-state index contributed by atoms with van der Waals surface area (Å²) in [5.41, 5.74) is -0.0252. The molecule has 0 unspecified atom stereocenters. The third-order valence-electron chi connectivity index (χ3n) is 3.01. The van der Waals surface area contributed by atoms with Crippen molar-refractivity contribution in [3.8, 4) is 5.75 Å². The van der Waals surface area contributed by atoms with Gasteiger partial charge in [0, 0.05) is 17.7 Å². The van der Waals surface area contributed by atoms with Gasteiger partial charge in [-0.2, -0.15) is 0 Å². The Bertz CT molecular complexity index is 763. The molecule has 1 aromatic heterocycles. The quantitative estimate of drug-likeness (QED) is 0.793. The summed E-state index contributed by atoms with van der Waals surface area (Å²) in [6.45, 7) is 0.142. The number of para-hydroxylation sites is 1. The van der Waals surface area contributed by atoms with Crippen molar-refractivity contribution in [1.29, 1.82) is 0 Å². The molecule has 7 nitrogen and oxygen atoms in total. The highest BCUT2D eigenvalue weighted by molar-refractivity contribution is 5.69. The van der Waals surface area contributed by atoms with E-state index in [1.807, 2.05) is 12.1 Å². The lowest BCUT2D eigenvalue weighted by atomic mass is 10.2. The second-order valence-electron chi connectivity index (χ2n) is 4.52. The van der Waals surface area contributed by atoms with Crippen LogP contribution in [0.5, 0.6) is 5.75 Å². The second-order valence-corrected chi connectivity index (χ2v) is 4.52. The molecule has 0 fully saturated rings. The molecule has 0 aliphatic rings. The molecule has 0 bridgehead atoms. The Hall–Kier alpha value is -2.83. The highest BCUT2D eigenvalue weighted by atomic mass is 16.5. The van der Waals surface area contributed by atoms with Crippen molar-refractivity contribution in [2.75, 3.05) is 7.11 Å². The summed E-state index contributed by atoms with van der Waals surface area (Å²) in [5.74, 6) is 0.168. The van der Waals surface area contributed by atoms with E-state index in [-0.39, 0.29) is 25.1 Å². The molecule has 1 N–H and O–H groups in total. The summed E-state index contributed by atoms with van der Waals surface area (Å²) in [6, 6.07) is 9.50. The van der Waals surface area contributed by atoms with E-state index in [4.69, 9.17) is 9.47 Å². The predicted molar refractivity (Wildman–Crippen MR) is 78.7 cm³/mol. The number of H-pyrrole nitrogens is 1. The number of aromatic amines is 1. The maximum absolute atomic E-state index is 11.7. The van der Waals surface area contributed by atoms with Crippen molar-refractivity contribution in [2.45, 2.75) is 19.6 Å². The van der Waals surface area contributed by atoms with Gasteiger partial charge >= 0.3 is 5.97 Å². The zero-order valence-corrected chi connectivity index (χ0v) is 12.1. The van der Waals surface area contributed by atoms with Crippen LogP contribution in [0.15, 0.2) is 46.0 Å². The van der Waals surface area contributed by atoms with Crippen LogP contribution in [0.3, 0.4) is 0 Å². The summed E-state index contributed by atoms with van der Waals surface area (Å²) in [4.78, 5) is 34.3. The van der Waals surface area contributed by atoms with Crippen LogP contribution in [0.4, 0.5) is 0 Å². The molecule has 22 heavy (non-hydrogen) atoms. The standard InChI is InChI=1S/C15H16N2O5/c1-21-12-5-3-2-4-11(12)10-22-15(20)8-9-17-14(19)7-6-13(18)16-17/h2-7H,8-10H2,1H3,(H,16,18). The van der Waals surface area contributed by atoms with Gasteiger partial charge in [0.2, 0.25) is 0 Å². The fraction of sp³-hybridized carbons (Fsp3) is 0.267. The Morgan fingerprint density at radius 2 is 1.95 bits per heavy atom. The van der Waals surface area contributed by atoms with Crippen LogP contribution in [-0.4, -0.2) is 22.9 Å². The Morgan fingerprint density at radius 3 is 2.73 bits per heavy atom. The molecule has 0 amide bonds. The van der Waals surface area contributed by atoms with Crippen LogP contribution in [0, 0.1) is 0 Å². The van der Waals surface area contributed by atoms with Crippen LogP contribution in [0.1, 0.15) is 12.0 Å². The molecule has 7 heteroatoms. The Balaban J connectivity index is 1.89. The summed E-state index contributed by atoms with van der Waals surface area (Å²) in [5, 5.41) is 2.34. The molecule has 0 aliphatic carbocycles. The summed E-state index contributed by atoms with van der Waals surface area (Å²) in [7, 11) is 1.54. The lowest BCUT2D eigenvalue weighted by molar-refractivity contribution is -0.145. The molecular weight excluding hydrogens is 288 g/mol. The van der Waals surface area contributed by atoms with Crippen LogP contribution in [-0.2, 0) is 22.7 Å². The van der Waals surface area contributed by atoms with E-state index in [1.54, 1.807) is 19.2 Å². The minimum atomic E-state index is -0.470. The number of esters is 1. The number of aromatic nitrogens is 2. The van der Waals surface area contributed by atoms with Crippen molar-refractivity contribution in [2.24, 2.45) is 0 Å². The molecular formula is C15H16N2O5. The topological polar surface area (TPSA) is 90.4 Å². The van der Waals surface area contributed by atoms with E-state index in [0.717, 1.165) is 22.4 Å². The highest BCUT2D eigenvalue weighted by Crippen LogP contribution is 2.18. The van der Waals surface area contributed by atoms with E-state index in [0.29, 0.717) is 5.75 Å². The molecule has 2 rings (SSSR count). The number of aryl methyl sites for hydroxylation is 1. The van der Waals surface area contributed by atoms with Gasteiger partial charge in [-0.15, -0.1) is 0 Å². The van der Waals surface area contributed by atoms with Gasteiger partial charge in [0.15, 0.2) is 0 Å². The molecule has 0 radical (unpaired) electrons. The van der Waals surface area contributed by atoms with Gasteiger partial charge in [-0.3, -0.25) is 19.5 Å². The average molecular weight is 304 g/mol. The Kier molecular flexibility index (Phi) is 5.13. The Morgan fingerprint density at radius 1 is 1.18 bits per heavy atom. The van der Waals surface area contributed by atoms with E-state index < -0.39 is 11.5 Å². The van der Waals surface area contributed by atoms with E-state index in [9.17, 15) is 14.4 Å². The number of benzene rings is 1. The third kappa shape index (κ3) is 4.08. The van der Waals surface area contributed by atoms with Crippen LogP contribution < -0.4 is 15.9 Å². The van der Waals surface area contributed by atoms with Gasteiger partial charge in [0.05, 0.1) is 20.1 Å². The minimum Gasteiger partial charge on any atom is -0.496 e. The molecule has 0 saturated carbocycles. The first kappa shape index (κ1) is 15.6. The number of carbonyl (C=O) groups excluding carboxylic acids is 1. The van der Waals surface area contributed by atoms with Gasteiger partial charge in [-0.1, -0.05) is 18.2 Å². The first-order valence-electron chi connectivity index (χ1n) is 6.68. The van der Waals surface area contributed by atoms with E-state index in [2.05, 4.69) is 5.10 Å². The van der Waals surface area contributed by atoms with Crippen LogP contribution >= 0.6 is 0 Å². The zero-order valence-electron chi connectivity index (χ0n) is 12.1. The van der Waals surface area contributed by atoms with Gasteiger partial charge in [-0.05, 0) is 6.07 Å². The lowest BCUT2D eigenvalue weighted by Crippen LogP contribution is -2.29. The molecule has 116 valence electrons. The number of hydrogen-bond donors (Lipinski definition) is 1. The Labute approximate surface area is 126 Å². The third-order valence-corrected chi connectivity index (χ3v) is 3.01. The fourth-order valence-electron chi connectivity index (χ4n) is 1.88. The molecule has 1 aromatic carbocycles. The number of carbonyl (C=O) groups is 1. The van der Waals surface area contributed by atoms with Crippen molar-refractivity contribution in [3.05, 3.63) is 62.7 Å². The second kappa shape index (κ2) is 7.26. The molecule has 0 spiro atoms. The molecule has 1 heterocycles. The maximum atomic E-state index is 11.7. The summed E-state index contributed by atoms with van der Waals surface area (Å²) >= 11 is 0. The lowest BCUT2D eigenvalue weighted by Gasteiger charge is -2.09. The van der Waals surface area contributed by atoms with Crippen molar-refractivity contribution < 1.29 is 14.3 Å². The number of rotatable bonds is 6. The number of ether oxygens (including phenoxy) is 2. The monoisotopic (exact) mass is 304 g/mol. The normalized spacial score (nSPS) is 10.2. The van der Waals surface area contributed by atoms with Gasteiger partial charge in [0.25, 0.3) is 11.1 Å². The van der Waals surface area contributed by atoms with Crippen molar-refractivity contribution in [3.63, 3.8) is 0 Å². The van der Waals surface area contributed by atoms with Crippen LogP contribution in [0.2, 0.25) is 0 Å². The maximum Gasteiger partial charge on any atom is 0.308 e. The number of hydrogen-bond acceptors (Lipinski definition) is 5. The first-order chi connectivity index (χ1) is 10.6. The number of methoxy groups -OCH3 is 1. The fourth-order valence-corrected chi connectivity index (χ4v) is 1.88. The largest absolute Gasteiger partial charge is 0.496 e.